The molecule has 2 aliphatic rings. The van der Waals surface area contributed by atoms with Gasteiger partial charge in [0.15, 0.2) is 0 Å². The summed E-state index contributed by atoms with van der Waals surface area (Å²) in [7, 11) is 0. The average molecular weight is 428 g/mol. The van der Waals surface area contributed by atoms with E-state index in [0.717, 1.165) is 74.9 Å². The second-order valence-corrected chi connectivity index (χ2v) is 8.53. The van der Waals surface area contributed by atoms with E-state index in [-0.39, 0.29) is 11.8 Å². The van der Waals surface area contributed by atoms with Gasteiger partial charge in [0, 0.05) is 42.8 Å². The van der Waals surface area contributed by atoms with Crippen LogP contribution in [0, 0.1) is 5.92 Å². The van der Waals surface area contributed by atoms with Crippen molar-refractivity contribution in [3.05, 3.63) is 64.7 Å². The van der Waals surface area contributed by atoms with E-state index in [0.29, 0.717) is 6.54 Å². The van der Waals surface area contributed by atoms with Crippen molar-refractivity contribution in [2.75, 3.05) is 44.3 Å². The third kappa shape index (κ3) is 5.54. The van der Waals surface area contributed by atoms with Crippen LogP contribution in [0.1, 0.15) is 24.0 Å². The molecule has 2 aliphatic heterocycles. The molecule has 2 heterocycles. The third-order valence-electron chi connectivity index (χ3n) is 6.09. The Morgan fingerprint density at radius 3 is 2.40 bits per heavy atom. The highest BCUT2D eigenvalue weighted by Crippen LogP contribution is 2.23. The Balaban J connectivity index is 1.21. The Morgan fingerprint density at radius 1 is 1.00 bits per heavy atom. The number of ether oxygens (including phenoxy) is 1. The molecule has 160 valence electrons. The number of anilines is 1. The van der Waals surface area contributed by atoms with Gasteiger partial charge in [-0.2, -0.15) is 0 Å². The molecule has 0 saturated carbocycles. The summed E-state index contributed by atoms with van der Waals surface area (Å²) in [6.07, 6.45) is 1.79. The van der Waals surface area contributed by atoms with Crippen LogP contribution in [-0.2, 0) is 22.6 Å². The molecule has 2 aromatic rings. The molecule has 0 aromatic heterocycles. The summed E-state index contributed by atoms with van der Waals surface area (Å²) in [5.41, 5.74) is 3.51. The molecule has 2 fully saturated rings. The molecular formula is C24H30ClN3O2. The fraction of sp³-hybridized carbons (Fsp3) is 0.458. The van der Waals surface area contributed by atoms with Crippen LogP contribution >= 0.6 is 11.6 Å². The van der Waals surface area contributed by atoms with Crippen LogP contribution in [0.5, 0.6) is 0 Å². The largest absolute Gasteiger partial charge is 0.378 e. The maximum atomic E-state index is 12.6. The molecule has 0 spiro atoms. The molecular weight excluding hydrogens is 398 g/mol. The van der Waals surface area contributed by atoms with E-state index in [1.807, 2.05) is 18.2 Å². The van der Waals surface area contributed by atoms with Gasteiger partial charge in [0.2, 0.25) is 5.91 Å². The first kappa shape index (κ1) is 21.2. The van der Waals surface area contributed by atoms with Crippen LogP contribution in [0.25, 0.3) is 0 Å². The van der Waals surface area contributed by atoms with Gasteiger partial charge in [0.1, 0.15) is 0 Å². The molecule has 0 radical (unpaired) electrons. The number of halogens is 1. The fourth-order valence-corrected chi connectivity index (χ4v) is 4.40. The summed E-state index contributed by atoms with van der Waals surface area (Å²) in [4.78, 5) is 17.4. The van der Waals surface area contributed by atoms with Crippen molar-refractivity contribution in [1.29, 1.82) is 0 Å². The summed E-state index contributed by atoms with van der Waals surface area (Å²) in [5.74, 6) is 0.268. The van der Waals surface area contributed by atoms with Crippen LogP contribution in [-0.4, -0.2) is 50.2 Å². The monoisotopic (exact) mass is 427 g/mol. The summed E-state index contributed by atoms with van der Waals surface area (Å²) < 4.78 is 5.41. The van der Waals surface area contributed by atoms with Gasteiger partial charge in [-0.25, -0.2) is 0 Å². The van der Waals surface area contributed by atoms with E-state index in [4.69, 9.17) is 16.3 Å². The average Bonchev–Trinajstić information content (AvgIpc) is 2.80. The lowest BCUT2D eigenvalue weighted by atomic mass is 9.95. The molecule has 0 aliphatic carbocycles. The Hall–Kier alpha value is -2.08. The van der Waals surface area contributed by atoms with Gasteiger partial charge >= 0.3 is 0 Å². The van der Waals surface area contributed by atoms with Gasteiger partial charge in [-0.1, -0.05) is 41.9 Å². The SMILES string of the molecule is O=C(NCc1ccc(N2CCOCC2)cc1)C1CCN(Cc2ccccc2Cl)CC1. The molecule has 1 N–H and O–H groups in total. The van der Waals surface area contributed by atoms with Gasteiger partial charge in [-0.05, 0) is 55.3 Å². The number of likely N-dealkylation sites (tertiary alicyclic amines) is 1. The van der Waals surface area contributed by atoms with E-state index >= 15 is 0 Å². The predicted octanol–water partition coefficient (Wildman–Crippen LogP) is 3.71. The first-order valence-electron chi connectivity index (χ1n) is 10.8. The Bertz CT molecular complexity index is 829. The molecule has 0 bridgehead atoms. The van der Waals surface area contributed by atoms with E-state index < -0.39 is 0 Å². The van der Waals surface area contributed by atoms with E-state index in [1.165, 1.54) is 5.69 Å². The van der Waals surface area contributed by atoms with Crippen molar-refractivity contribution in [2.45, 2.75) is 25.9 Å². The highest BCUT2D eigenvalue weighted by Gasteiger charge is 2.25. The molecule has 5 nitrogen and oxygen atoms in total. The normalized spacial score (nSPS) is 18.4. The van der Waals surface area contributed by atoms with Crippen molar-refractivity contribution in [3.8, 4) is 0 Å². The van der Waals surface area contributed by atoms with Crippen molar-refractivity contribution >= 4 is 23.2 Å². The maximum Gasteiger partial charge on any atom is 0.223 e. The number of carbonyl (C=O) groups excluding carboxylic acids is 1. The number of benzene rings is 2. The smallest absolute Gasteiger partial charge is 0.223 e. The second-order valence-electron chi connectivity index (χ2n) is 8.13. The summed E-state index contributed by atoms with van der Waals surface area (Å²) >= 11 is 6.28. The number of nitrogens with zero attached hydrogens (tertiary/aromatic N) is 2. The first-order chi connectivity index (χ1) is 14.7. The van der Waals surface area contributed by atoms with E-state index in [2.05, 4.69) is 45.4 Å². The molecule has 2 aromatic carbocycles. The zero-order valence-electron chi connectivity index (χ0n) is 17.4. The van der Waals surface area contributed by atoms with Crippen LogP contribution in [0.3, 0.4) is 0 Å². The molecule has 4 rings (SSSR count). The minimum Gasteiger partial charge on any atom is -0.378 e. The molecule has 0 unspecified atom stereocenters. The number of hydrogen-bond acceptors (Lipinski definition) is 4. The summed E-state index contributed by atoms with van der Waals surface area (Å²) in [6, 6.07) is 16.5. The molecule has 2 saturated heterocycles. The molecule has 6 heteroatoms. The van der Waals surface area contributed by atoms with E-state index in [9.17, 15) is 4.79 Å². The highest BCUT2D eigenvalue weighted by atomic mass is 35.5. The lowest BCUT2D eigenvalue weighted by Crippen LogP contribution is -2.40. The lowest BCUT2D eigenvalue weighted by Gasteiger charge is -2.31. The van der Waals surface area contributed by atoms with Crippen molar-refractivity contribution in [3.63, 3.8) is 0 Å². The molecule has 0 atom stereocenters. The third-order valence-corrected chi connectivity index (χ3v) is 6.46. The van der Waals surface area contributed by atoms with Gasteiger partial charge in [-0.15, -0.1) is 0 Å². The zero-order chi connectivity index (χ0) is 20.8. The number of nitrogens with one attached hydrogen (secondary N) is 1. The van der Waals surface area contributed by atoms with Crippen molar-refractivity contribution in [1.82, 2.24) is 10.2 Å². The minimum absolute atomic E-state index is 0.0973. The number of piperidine rings is 1. The van der Waals surface area contributed by atoms with Crippen LogP contribution in [0.15, 0.2) is 48.5 Å². The standard InChI is InChI=1S/C24H30ClN3O2/c25-23-4-2-1-3-21(23)18-27-11-9-20(10-12-27)24(29)26-17-19-5-7-22(8-6-19)28-13-15-30-16-14-28/h1-8,20H,9-18H2,(H,26,29). The highest BCUT2D eigenvalue weighted by molar-refractivity contribution is 6.31. The van der Waals surface area contributed by atoms with E-state index in [1.54, 1.807) is 0 Å². The van der Waals surface area contributed by atoms with Gasteiger partial charge in [-0.3, -0.25) is 9.69 Å². The number of amides is 1. The minimum atomic E-state index is 0.0973. The first-order valence-corrected chi connectivity index (χ1v) is 11.2. The van der Waals surface area contributed by atoms with Gasteiger partial charge < -0.3 is 15.0 Å². The van der Waals surface area contributed by atoms with Gasteiger partial charge in [0.05, 0.1) is 13.2 Å². The Morgan fingerprint density at radius 2 is 1.70 bits per heavy atom. The quantitative estimate of drug-likeness (QED) is 0.763. The number of morpholine rings is 1. The lowest BCUT2D eigenvalue weighted by molar-refractivity contribution is -0.126. The number of hydrogen-bond donors (Lipinski definition) is 1. The van der Waals surface area contributed by atoms with Gasteiger partial charge in [0.25, 0.3) is 0 Å². The Kier molecular flexibility index (Phi) is 7.26. The topological polar surface area (TPSA) is 44.8 Å². The van der Waals surface area contributed by atoms with Crippen LogP contribution in [0.2, 0.25) is 5.02 Å². The Labute approximate surface area is 184 Å². The van der Waals surface area contributed by atoms with Crippen LogP contribution < -0.4 is 10.2 Å². The summed E-state index contributed by atoms with van der Waals surface area (Å²) in [6.45, 7) is 6.74. The van der Waals surface area contributed by atoms with Crippen molar-refractivity contribution in [2.24, 2.45) is 5.92 Å². The summed E-state index contributed by atoms with van der Waals surface area (Å²) in [5, 5.41) is 3.95. The van der Waals surface area contributed by atoms with Crippen LogP contribution in [0.4, 0.5) is 5.69 Å². The van der Waals surface area contributed by atoms with Crippen molar-refractivity contribution < 1.29 is 9.53 Å². The fourth-order valence-electron chi connectivity index (χ4n) is 4.20. The number of rotatable bonds is 6. The number of carbonyl (C=O) groups is 1. The maximum absolute atomic E-state index is 12.6. The molecule has 30 heavy (non-hydrogen) atoms. The second kappa shape index (κ2) is 10.3. The predicted molar refractivity (Wildman–Crippen MR) is 121 cm³/mol. The zero-order valence-corrected chi connectivity index (χ0v) is 18.1. The molecule has 1 amide bonds.